The number of hydrogen-bond acceptors (Lipinski definition) is 4. The van der Waals surface area contributed by atoms with Gasteiger partial charge in [0.05, 0.1) is 19.1 Å². The van der Waals surface area contributed by atoms with Gasteiger partial charge in [-0.3, -0.25) is 9.59 Å². The van der Waals surface area contributed by atoms with Gasteiger partial charge in [0, 0.05) is 25.2 Å². The molecule has 7 heteroatoms. The number of morpholine rings is 1. The number of carbonyl (C=O) groups excluding carboxylic acids is 2. The van der Waals surface area contributed by atoms with E-state index >= 15 is 0 Å². The minimum absolute atomic E-state index is 0.0323. The second-order valence-electron chi connectivity index (χ2n) is 6.80. The summed E-state index contributed by atoms with van der Waals surface area (Å²) in [6, 6.07) is 7.87. The lowest BCUT2D eigenvalue weighted by Gasteiger charge is -2.32. The van der Waals surface area contributed by atoms with Crippen molar-refractivity contribution in [3.05, 3.63) is 29.8 Å². The molecule has 0 bridgehead atoms. The van der Waals surface area contributed by atoms with Crippen molar-refractivity contribution in [3.8, 4) is 0 Å². The predicted octanol–water partition coefficient (Wildman–Crippen LogP) is 1.30. The Labute approximate surface area is 152 Å². The van der Waals surface area contributed by atoms with Crippen LogP contribution in [0, 0.1) is 5.92 Å². The van der Waals surface area contributed by atoms with Crippen LogP contribution in [-0.2, 0) is 25.5 Å². The van der Waals surface area contributed by atoms with Gasteiger partial charge >= 0.3 is 5.97 Å². The monoisotopic (exact) mass is 360 g/mol. The van der Waals surface area contributed by atoms with Crippen LogP contribution in [0.15, 0.2) is 24.3 Å². The number of aliphatic carboxylic acids is 1. The third kappa shape index (κ3) is 3.88. The molecule has 3 rings (SSSR count). The van der Waals surface area contributed by atoms with Crippen LogP contribution in [-0.4, -0.2) is 60.1 Å². The average Bonchev–Trinajstić information content (AvgIpc) is 3.04. The molecular weight excluding hydrogens is 336 g/mol. The van der Waals surface area contributed by atoms with Gasteiger partial charge in [-0.25, -0.2) is 4.79 Å². The van der Waals surface area contributed by atoms with E-state index in [9.17, 15) is 14.4 Å². The zero-order chi connectivity index (χ0) is 18.7. The summed E-state index contributed by atoms with van der Waals surface area (Å²) < 4.78 is 5.15. The maximum Gasteiger partial charge on any atom is 0.334 e. The molecule has 2 fully saturated rings. The van der Waals surface area contributed by atoms with E-state index in [1.165, 1.54) is 10.5 Å². The van der Waals surface area contributed by atoms with E-state index in [-0.39, 0.29) is 31.4 Å². The molecule has 2 unspecified atom stereocenters. The molecule has 2 aliphatic heterocycles. The van der Waals surface area contributed by atoms with Gasteiger partial charge in [0.2, 0.25) is 11.8 Å². The number of amides is 2. The van der Waals surface area contributed by atoms with Gasteiger partial charge in [-0.2, -0.15) is 0 Å². The lowest BCUT2D eigenvalue weighted by atomic mass is 10.1. The summed E-state index contributed by atoms with van der Waals surface area (Å²) >= 11 is 0. The highest BCUT2D eigenvalue weighted by Gasteiger charge is 2.39. The van der Waals surface area contributed by atoms with Crippen LogP contribution in [0.25, 0.3) is 0 Å². The molecule has 1 aromatic rings. The summed E-state index contributed by atoms with van der Waals surface area (Å²) in [5, 5.41) is 9.07. The number of carbonyl (C=O) groups is 3. The minimum Gasteiger partial charge on any atom is -0.479 e. The topological polar surface area (TPSA) is 87.2 Å². The van der Waals surface area contributed by atoms with E-state index in [0.717, 1.165) is 18.5 Å². The van der Waals surface area contributed by atoms with Gasteiger partial charge in [0.15, 0.2) is 6.10 Å². The Kier molecular flexibility index (Phi) is 5.56. The van der Waals surface area contributed by atoms with E-state index < -0.39 is 18.0 Å². The molecule has 2 heterocycles. The highest BCUT2D eigenvalue weighted by atomic mass is 16.5. The Balaban J connectivity index is 1.65. The van der Waals surface area contributed by atoms with Crippen LogP contribution < -0.4 is 4.90 Å². The molecule has 0 aromatic heterocycles. The van der Waals surface area contributed by atoms with Gasteiger partial charge in [-0.1, -0.05) is 25.5 Å². The van der Waals surface area contributed by atoms with Crippen molar-refractivity contribution in [3.63, 3.8) is 0 Å². The summed E-state index contributed by atoms with van der Waals surface area (Å²) in [5.74, 6) is -1.75. The maximum absolute atomic E-state index is 12.7. The van der Waals surface area contributed by atoms with Crippen LogP contribution in [0.2, 0.25) is 0 Å². The fourth-order valence-electron chi connectivity index (χ4n) is 3.51. The third-order valence-electron chi connectivity index (χ3n) is 4.91. The molecule has 2 aliphatic rings. The molecule has 7 nitrogen and oxygen atoms in total. The van der Waals surface area contributed by atoms with E-state index in [1.807, 2.05) is 24.3 Å². The summed E-state index contributed by atoms with van der Waals surface area (Å²) in [4.78, 5) is 39.4. The highest BCUT2D eigenvalue weighted by Crippen LogP contribution is 2.27. The van der Waals surface area contributed by atoms with Crippen molar-refractivity contribution in [2.75, 3.05) is 31.1 Å². The number of carboxylic acid groups (broad SMARTS) is 1. The molecule has 2 amide bonds. The molecule has 0 radical (unpaired) electrons. The molecular formula is C19H24N2O5. The summed E-state index contributed by atoms with van der Waals surface area (Å²) in [7, 11) is 0. The fraction of sp³-hybridized carbons (Fsp3) is 0.526. The Morgan fingerprint density at radius 1 is 1.23 bits per heavy atom. The summed E-state index contributed by atoms with van der Waals surface area (Å²) in [5.41, 5.74) is 2.03. The van der Waals surface area contributed by atoms with Crippen molar-refractivity contribution in [2.24, 2.45) is 5.92 Å². The third-order valence-corrected chi connectivity index (χ3v) is 4.91. The first-order chi connectivity index (χ1) is 12.5. The number of nitrogens with zero attached hydrogens (tertiary/aromatic N) is 2. The smallest absolute Gasteiger partial charge is 0.334 e. The standard InChI is InChI=1S/C19H24N2O5/c1-2-3-13-4-6-15(7-5-13)21-11-14(10-17(21)22)18(23)20-8-9-26-16(12-20)19(24)25/h4-7,14,16H,2-3,8-12H2,1H3,(H,24,25). The number of aryl methyl sites for hydroxylation is 1. The van der Waals surface area contributed by atoms with Gasteiger partial charge in [0.25, 0.3) is 0 Å². The Morgan fingerprint density at radius 3 is 2.62 bits per heavy atom. The normalized spacial score (nSPS) is 23.3. The van der Waals surface area contributed by atoms with Gasteiger partial charge in [-0.15, -0.1) is 0 Å². The summed E-state index contributed by atoms with van der Waals surface area (Å²) in [6.07, 6.45) is 1.23. The molecule has 1 aromatic carbocycles. The quantitative estimate of drug-likeness (QED) is 0.855. The second-order valence-corrected chi connectivity index (χ2v) is 6.80. The number of rotatable bonds is 5. The molecule has 26 heavy (non-hydrogen) atoms. The van der Waals surface area contributed by atoms with Crippen LogP contribution in [0.5, 0.6) is 0 Å². The van der Waals surface area contributed by atoms with Crippen LogP contribution in [0.1, 0.15) is 25.3 Å². The fourth-order valence-corrected chi connectivity index (χ4v) is 3.51. The van der Waals surface area contributed by atoms with E-state index in [2.05, 4.69) is 6.92 Å². The Hall–Kier alpha value is -2.41. The van der Waals surface area contributed by atoms with Crippen LogP contribution >= 0.6 is 0 Å². The zero-order valence-corrected chi connectivity index (χ0v) is 14.9. The SMILES string of the molecule is CCCc1ccc(N2CC(C(=O)N3CCOC(C(=O)O)C3)CC2=O)cc1. The van der Waals surface area contributed by atoms with Crippen molar-refractivity contribution in [2.45, 2.75) is 32.3 Å². The van der Waals surface area contributed by atoms with Crippen LogP contribution in [0.4, 0.5) is 5.69 Å². The van der Waals surface area contributed by atoms with Gasteiger partial charge < -0.3 is 19.6 Å². The summed E-state index contributed by atoms with van der Waals surface area (Å²) in [6.45, 7) is 3.05. The van der Waals surface area contributed by atoms with Crippen molar-refractivity contribution in [1.29, 1.82) is 0 Å². The van der Waals surface area contributed by atoms with E-state index in [4.69, 9.17) is 9.84 Å². The number of benzene rings is 1. The average molecular weight is 360 g/mol. The second kappa shape index (κ2) is 7.86. The molecule has 1 N–H and O–H groups in total. The molecule has 140 valence electrons. The Bertz CT molecular complexity index is 688. The molecule has 2 atom stereocenters. The Morgan fingerprint density at radius 2 is 1.96 bits per heavy atom. The molecule has 0 spiro atoms. The lowest BCUT2D eigenvalue weighted by molar-refractivity contribution is -0.160. The minimum atomic E-state index is -1.07. The number of ether oxygens (including phenoxy) is 1. The molecule has 0 saturated carbocycles. The number of carboxylic acids is 1. The molecule has 0 aliphatic carbocycles. The molecule has 2 saturated heterocycles. The van der Waals surface area contributed by atoms with E-state index in [1.54, 1.807) is 4.90 Å². The lowest BCUT2D eigenvalue weighted by Crippen LogP contribution is -2.50. The largest absolute Gasteiger partial charge is 0.479 e. The first-order valence-corrected chi connectivity index (χ1v) is 9.02. The van der Waals surface area contributed by atoms with Crippen molar-refractivity contribution >= 4 is 23.5 Å². The first kappa shape index (κ1) is 18.4. The van der Waals surface area contributed by atoms with Gasteiger partial charge in [0.1, 0.15) is 0 Å². The van der Waals surface area contributed by atoms with E-state index in [0.29, 0.717) is 13.1 Å². The zero-order valence-electron chi connectivity index (χ0n) is 14.9. The first-order valence-electron chi connectivity index (χ1n) is 9.02. The number of hydrogen-bond donors (Lipinski definition) is 1. The number of anilines is 1. The van der Waals surface area contributed by atoms with Crippen molar-refractivity contribution in [1.82, 2.24) is 4.90 Å². The maximum atomic E-state index is 12.7. The van der Waals surface area contributed by atoms with Crippen LogP contribution in [0.3, 0.4) is 0 Å². The van der Waals surface area contributed by atoms with Crippen molar-refractivity contribution < 1.29 is 24.2 Å². The highest BCUT2D eigenvalue weighted by molar-refractivity contribution is 6.00. The van der Waals surface area contributed by atoms with Gasteiger partial charge in [-0.05, 0) is 24.1 Å². The predicted molar refractivity (Wildman–Crippen MR) is 94.9 cm³/mol.